The molecule has 1 fully saturated rings. The van der Waals surface area contributed by atoms with Crippen LogP contribution in [0.25, 0.3) is 5.52 Å². The molecule has 7 heteroatoms. The Labute approximate surface area is 134 Å². The molecule has 2 aromatic heterocycles. The van der Waals surface area contributed by atoms with Gasteiger partial charge in [0.2, 0.25) is 5.91 Å². The number of hydrogen-bond donors (Lipinski definition) is 1. The van der Waals surface area contributed by atoms with Gasteiger partial charge in [0.1, 0.15) is 11.8 Å². The average Bonchev–Trinajstić information content (AvgIpc) is 3.09. The van der Waals surface area contributed by atoms with Crippen LogP contribution in [0.5, 0.6) is 0 Å². The lowest BCUT2D eigenvalue weighted by Gasteiger charge is -2.22. The van der Waals surface area contributed by atoms with Crippen molar-refractivity contribution < 1.29 is 9.53 Å². The summed E-state index contributed by atoms with van der Waals surface area (Å²) in [5, 5.41) is 4.34. The van der Waals surface area contributed by atoms with E-state index in [1.807, 2.05) is 16.3 Å². The maximum atomic E-state index is 12.1. The number of hydrogen-bond acceptors (Lipinski definition) is 5. The van der Waals surface area contributed by atoms with Gasteiger partial charge in [-0.2, -0.15) is 5.10 Å². The van der Waals surface area contributed by atoms with Gasteiger partial charge in [0.05, 0.1) is 12.6 Å². The number of anilines is 1. The highest BCUT2D eigenvalue weighted by molar-refractivity contribution is 5.87. The summed E-state index contributed by atoms with van der Waals surface area (Å²) in [4.78, 5) is 18.0. The Kier molecular flexibility index (Phi) is 4.04. The minimum atomic E-state index is -0.0683. The van der Waals surface area contributed by atoms with E-state index in [1.165, 1.54) is 12.4 Å². The highest BCUT2D eigenvalue weighted by Gasteiger charge is 2.36. The first-order valence-electron chi connectivity index (χ1n) is 7.57. The lowest BCUT2D eigenvalue weighted by Crippen LogP contribution is -2.37. The number of nitrogens with zero attached hydrogens (tertiary/aromatic N) is 4. The van der Waals surface area contributed by atoms with Crippen LogP contribution in [0.2, 0.25) is 0 Å². The topological polar surface area (TPSA) is 85.8 Å². The molecule has 0 radical (unpaired) electrons. The fraction of sp³-hybridized carbons (Fsp3) is 0.438. The molecule has 0 bridgehead atoms. The molecule has 1 aliphatic heterocycles. The van der Waals surface area contributed by atoms with Gasteiger partial charge in [0, 0.05) is 25.3 Å². The monoisotopic (exact) mass is 315 g/mol. The second-order valence-electron chi connectivity index (χ2n) is 5.89. The van der Waals surface area contributed by atoms with Crippen LogP contribution in [-0.2, 0) is 9.53 Å². The molecule has 1 aliphatic rings. The van der Waals surface area contributed by atoms with Crippen LogP contribution in [0.1, 0.15) is 23.6 Å². The molecular formula is C16H21N5O2. The number of nitrogens with two attached hydrogens (primary N) is 1. The van der Waals surface area contributed by atoms with Gasteiger partial charge in [-0.05, 0) is 31.1 Å². The van der Waals surface area contributed by atoms with Gasteiger partial charge in [0.15, 0.2) is 5.82 Å². The molecule has 1 saturated heterocycles. The molecule has 2 N–H and O–H groups in total. The summed E-state index contributed by atoms with van der Waals surface area (Å²) in [5.41, 5.74) is 8.89. The zero-order valence-corrected chi connectivity index (χ0v) is 13.4. The van der Waals surface area contributed by atoms with Crippen molar-refractivity contribution in [2.24, 2.45) is 0 Å². The van der Waals surface area contributed by atoms with Gasteiger partial charge in [-0.15, -0.1) is 0 Å². The van der Waals surface area contributed by atoms with Crippen molar-refractivity contribution in [1.82, 2.24) is 19.5 Å². The minimum absolute atomic E-state index is 0.0422. The third kappa shape index (κ3) is 2.57. The lowest BCUT2D eigenvalue weighted by molar-refractivity contribution is -0.127. The highest BCUT2D eigenvalue weighted by atomic mass is 16.5. The van der Waals surface area contributed by atoms with Gasteiger partial charge in [-0.1, -0.05) is 6.58 Å². The van der Waals surface area contributed by atoms with Crippen LogP contribution in [0.15, 0.2) is 25.0 Å². The van der Waals surface area contributed by atoms with Crippen molar-refractivity contribution in [3.63, 3.8) is 0 Å². The molecular weight excluding hydrogens is 294 g/mol. The Balaban J connectivity index is 1.98. The lowest BCUT2D eigenvalue weighted by atomic mass is 10.0. The van der Waals surface area contributed by atoms with E-state index >= 15 is 0 Å². The number of likely N-dealkylation sites (tertiary alicyclic amines) is 1. The van der Waals surface area contributed by atoms with E-state index in [1.54, 1.807) is 7.11 Å². The van der Waals surface area contributed by atoms with Crippen LogP contribution >= 0.6 is 0 Å². The normalized spacial score (nSPS) is 21.0. The van der Waals surface area contributed by atoms with Crippen LogP contribution in [0.3, 0.4) is 0 Å². The highest BCUT2D eigenvalue weighted by Crippen LogP contribution is 2.34. The molecule has 3 heterocycles. The molecule has 3 rings (SSSR count). The molecule has 0 aliphatic carbocycles. The molecule has 0 spiro atoms. The number of carbonyl (C=O) groups excluding carboxylic acids is 1. The number of aryl methyl sites for hydroxylation is 1. The second-order valence-corrected chi connectivity index (χ2v) is 5.89. The molecule has 0 saturated carbocycles. The summed E-state index contributed by atoms with van der Waals surface area (Å²) in [6, 6.07) is 2.12. The van der Waals surface area contributed by atoms with E-state index < -0.39 is 0 Å². The van der Waals surface area contributed by atoms with E-state index in [0.29, 0.717) is 19.0 Å². The zero-order chi connectivity index (χ0) is 16.6. The molecule has 2 unspecified atom stereocenters. The summed E-state index contributed by atoms with van der Waals surface area (Å²) in [5.74, 6) is 0.574. The predicted octanol–water partition coefficient (Wildman–Crippen LogP) is 1.14. The van der Waals surface area contributed by atoms with Crippen molar-refractivity contribution >= 4 is 17.2 Å². The van der Waals surface area contributed by atoms with Crippen LogP contribution in [-0.4, -0.2) is 51.7 Å². The number of ether oxygens (including phenoxy) is 1. The van der Waals surface area contributed by atoms with E-state index in [9.17, 15) is 4.79 Å². The number of fused-ring (bicyclic) bond motifs is 1. The first kappa shape index (κ1) is 15.5. The molecule has 23 heavy (non-hydrogen) atoms. The smallest absolute Gasteiger partial charge is 0.246 e. The fourth-order valence-electron chi connectivity index (χ4n) is 3.44. The fourth-order valence-corrected chi connectivity index (χ4v) is 3.44. The first-order valence-corrected chi connectivity index (χ1v) is 7.57. The Morgan fingerprint density at radius 3 is 3.09 bits per heavy atom. The summed E-state index contributed by atoms with van der Waals surface area (Å²) >= 11 is 0. The molecule has 7 nitrogen and oxygen atoms in total. The number of carbonyl (C=O) groups is 1. The van der Waals surface area contributed by atoms with Gasteiger partial charge in [-0.3, -0.25) is 4.79 Å². The first-order chi connectivity index (χ1) is 11.1. The SMILES string of the molecule is C=CC(=O)N1CC(c2cc(C)c3c(N)ncnn23)CC1COC. The Bertz CT molecular complexity index is 754. The molecule has 0 aromatic carbocycles. The van der Waals surface area contributed by atoms with E-state index in [2.05, 4.69) is 22.7 Å². The van der Waals surface area contributed by atoms with Gasteiger partial charge in [0.25, 0.3) is 0 Å². The number of methoxy groups -OCH3 is 1. The molecule has 1 amide bonds. The number of rotatable bonds is 4. The third-order valence-corrected chi connectivity index (χ3v) is 4.45. The largest absolute Gasteiger partial charge is 0.383 e. The van der Waals surface area contributed by atoms with Crippen LogP contribution in [0, 0.1) is 6.92 Å². The third-order valence-electron chi connectivity index (χ3n) is 4.45. The van der Waals surface area contributed by atoms with E-state index in [4.69, 9.17) is 10.5 Å². The molecule has 2 aromatic rings. The van der Waals surface area contributed by atoms with Crippen molar-refractivity contribution in [3.8, 4) is 0 Å². The maximum Gasteiger partial charge on any atom is 0.246 e. The average molecular weight is 315 g/mol. The van der Waals surface area contributed by atoms with Gasteiger partial charge in [-0.25, -0.2) is 9.50 Å². The number of nitrogen functional groups attached to an aromatic ring is 1. The summed E-state index contributed by atoms with van der Waals surface area (Å²) in [6.07, 6.45) is 3.63. The van der Waals surface area contributed by atoms with Crippen LogP contribution < -0.4 is 5.73 Å². The minimum Gasteiger partial charge on any atom is -0.383 e. The number of aromatic nitrogens is 3. The Morgan fingerprint density at radius 2 is 2.39 bits per heavy atom. The summed E-state index contributed by atoms with van der Waals surface area (Å²) in [7, 11) is 1.65. The van der Waals surface area contributed by atoms with E-state index in [-0.39, 0.29) is 17.9 Å². The van der Waals surface area contributed by atoms with Crippen molar-refractivity contribution in [1.29, 1.82) is 0 Å². The maximum absolute atomic E-state index is 12.1. The Morgan fingerprint density at radius 1 is 1.61 bits per heavy atom. The zero-order valence-electron chi connectivity index (χ0n) is 13.4. The predicted molar refractivity (Wildman–Crippen MR) is 87.1 cm³/mol. The van der Waals surface area contributed by atoms with Crippen molar-refractivity contribution in [3.05, 3.63) is 36.3 Å². The number of amides is 1. The second kappa shape index (κ2) is 6.00. The van der Waals surface area contributed by atoms with Crippen LogP contribution in [0.4, 0.5) is 5.82 Å². The Hall–Kier alpha value is -2.41. The van der Waals surface area contributed by atoms with Gasteiger partial charge < -0.3 is 15.4 Å². The summed E-state index contributed by atoms with van der Waals surface area (Å²) < 4.78 is 7.11. The van der Waals surface area contributed by atoms with Gasteiger partial charge >= 0.3 is 0 Å². The summed E-state index contributed by atoms with van der Waals surface area (Å²) in [6.45, 7) is 6.71. The quantitative estimate of drug-likeness (QED) is 0.855. The molecule has 2 atom stereocenters. The van der Waals surface area contributed by atoms with Crippen molar-refractivity contribution in [2.45, 2.75) is 25.3 Å². The standard InChI is InChI=1S/C16H21N5O2/c1-4-14(22)20-7-11(6-12(20)8-23-3)13-5-10(2)15-16(17)18-9-19-21(13)15/h4-5,9,11-12H,1,6-8H2,2-3H3,(H2,17,18,19). The van der Waals surface area contributed by atoms with E-state index in [0.717, 1.165) is 23.2 Å². The van der Waals surface area contributed by atoms with Crippen molar-refractivity contribution in [2.75, 3.05) is 26.0 Å². The molecule has 122 valence electrons.